The first-order valence-corrected chi connectivity index (χ1v) is 6.90. The molecule has 1 aliphatic rings. The van der Waals surface area contributed by atoms with Crippen LogP contribution in [-0.4, -0.2) is 22.2 Å². The van der Waals surface area contributed by atoms with Gasteiger partial charge in [-0.2, -0.15) is 4.98 Å². The Balaban J connectivity index is 1.80. The number of urea groups is 1. The van der Waals surface area contributed by atoms with Crippen LogP contribution in [0.25, 0.3) is 0 Å². The van der Waals surface area contributed by atoms with Crippen LogP contribution in [0.1, 0.15) is 44.8 Å². The van der Waals surface area contributed by atoms with Crippen LogP contribution in [0.4, 0.5) is 4.79 Å². The molecule has 1 aromatic rings. The highest BCUT2D eigenvalue weighted by atomic mass is 16.5. The van der Waals surface area contributed by atoms with E-state index >= 15 is 0 Å². The van der Waals surface area contributed by atoms with Crippen LogP contribution < -0.4 is 10.6 Å². The number of carbonyl (C=O) groups excluding carboxylic acids is 1. The number of nitrogens with one attached hydrogen (secondary N) is 2. The molecule has 0 radical (unpaired) electrons. The van der Waals surface area contributed by atoms with Gasteiger partial charge in [0.15, 0.2) is 5.82 Å². The predicted molar refractivity (Wildman–Crippen MR) is 70.4 cm³/mol. The standard InChI is InChI=1S/C13H22N4O2/c1-8-5-4-6-9(2)12(8)16-13(18)14-7-11-15-10(3)19-17-11/h8-9,12H,4-7H2,1-3H3,(H2,14,16,18)/t8-,9-/m0/s1. The first-order valence-electron chi connectivity index (χ1n) is 6.90. The summed E-state index contributed by atoms with van der Waals surface area (Å²) in [5.41, 5.74) is 0. The highest BCUT2D eigenvalue weighted by Gasteiger charge is 2.28. The Kier molecular flexibility index (Phi) is 4.39. The molecule has 0 spiro atoms. The molecule has 6 heteroatoms. The average Bonchev–Trinajstić information content (AvgIpc) is 2.77. The highest BCUT2D eigenvalue weighted by Crippen LogP contribution is 2.28. The Morgan fingerprint density at radius 3 is 2.63 bits per heavy atom. The Hall–Kier alpha value is -1.59. The van der Waals surface area contributed by atoms with E-state index in [4.69, 9.17) is 4.52 Å². The van der Waals surface area contributed by atoms with E-state index in [0.29, 0.717) is 30.1 Å². The molecule has 1 saturated carbocycles. The molecular formula is C13H22N4O2. The van der Waals surface area contributed by atoms with Crippen molar-refractivity contribution in [3.8, 4) is 0 Å². The van der Waals surface area contributed by atoms with Gasteiger partial charge in [0.05, 0.1) is 6.54 Å². The summed E-state index contributed by atoms with van der Waals surface area (Å²) in [5.74, 6) is 2.06. The SMILES string of the molecule is Cc1nc(CNC(=O)NC2[C@@H](C)CCC[C@@H]2C)no1. The van der Waals surface area contributed by atoms with Crippen molar-refractivity contribution in [3.05, 3.63) is 11.7 Å². The van der Waals surface area contributed by atoms with E-state index in [-0.39, 0.29) is 12.1 Å². The van der Waals surface area contributed by atoms with Crippen molar-refractivity contribution in [2.45, 2.75) is 52.6 Å². The van der Waals surface area contributed by atoms with Crippen molar-refractivity contribution in [1.29, 1.82) is 0 Å². The maximum atomic E-state index is 11.9. The molecule has 2 N–H and O–H groups in total. The molecule has 6 nitrogen and oxygen atoms in total. The summed E-state index contributed by atoms with van der Waals surface area (Å²) in [5, 5.41) is 9.56. The fourth-order valence-corrected chi connectivity index (χ4v) is 2.74. The molecule has 19 heavy (non-hydrogen) atoms. The first-order chi connectivity index (χ1) is 9.06. The van der Waals surface area contributed by atoms with Crippen LogP contribution >= 0.6 is 0 Å². The fraction of sp³-hybridized carbons (Fsp3) is 0.769. The third kappa shape index (κ3) is 3.68. The summed E-state index contributed by atoms with van der Waals surface area (Å²) in [4.78, 5) is 15.9. The molecule has 0 saturated heterocycles. The lowest BCUT2D eigenvalue weighted by Gasteiger charge is -2.35. The number of amides is 2. The van der Waals surface area contributed by atoms with E-state index in [1.807, 2.05) is 0 Å². The van der Waals surface area contributed by atoms with E-state index in [9.17, 15) is 4.79 Å². The highest BCUT2D eigenvalue weighted by molar-refractivity contribution is 5.74. The van der Waals surface area contributed by atoms with E-state index in [2.05, 4.69) is 34.6 Å². The summed E-state index contributed by atoms with van der Waals surface area (Å²) in [6, 6.07) is 0.0915. The van der Waals surface area contributed by atoms with E-state index in [1.54, 1.807) is 6.92 Å². The van der Waals surface area contributed by atoms with Crippen molar-refractivity contribution in [3.63, 3.8) is 0 Å². The predicted octanol–water partition coefficient (Wildman–Crippen LogP) is 2.00. The lowest BCUT2D eigenvalue weighted by atomic mass is 9.79. The molecule has 1 aliphatic carbocycles. The van der Waals surface area contributed by atoms with E-state index in [0.717, 1.165) is 0 Å². The maximum Gasteiger partial charge on any atom is 0.315 e. The lowest BCUT2D eigenvalue weighted by molar-refractivity contribution is 0.194. The van der Waals surface area contributed by atoms with Gasteiger partial charge in [0.25, 0.3) is 0 Å². The molecule has 2 amide bonds. The molecular weight excluding hydrogens is 244 g/mol. The largest absolute Gasteiger partial charge is 0.340 e. The zero-order valence-corrected chi connectivity index (χ0v) is 11.8. The Morgan fingerprint density at radius 1 is 1.37 bits per heavy atom. The van der Waals surface area contributed by atoms with Gasteiger partial charge in [-0.1, -0.05) is 25.4 Å². The molecule has 0 aromatic carbocycles. The smallest absolute Gasteiger partial charge is 0.315 e. The van der Waals surface area contributed by atoms with Crippen molar-refractivity contribution in [1.82, 2.24) is 20.8 Å². The van der Waals surface area contributed by atoms with Gasteiger partial charge in [-0.15, -0.1) is 0 Å². The average molecular weight is 266 g/mol. The fourth-order valence-electron chi connectivity index (χ4n) is 2.74. The van der Waals surface area contributed by atoms with Gasteiger partial charge < -0.3 is 15.2 Å². The van der Waals surface area contributed by atoms with Crippen LogP contribution in [0.2, 0.25) is 0 Å². The number of hydrogen-bond donors (Lipinski definition) is 2. The molecule has 2 atom stereocenters. The Labute approximate surface area is 113 Å². The first kappa shape index (κ1) is 13.8. The maximum absolute atomic E-state index is 11.9. The number of hydrogen-bond acceptors (Lipinski definition) is 4. The minimum Gasteiger partial charge on any atom is -0.340 e. The van der Waals surface area contributed by atoms with Crippen molar-refractivity contribution >= 4 is 6.03 Å². The summed E-state index contributed by atoms with van der Waals surface area (Å²) in [7, 11) is 0. The quantitative estimate of drug-likeness (QED) is 0.877. The van der Waals surface area contributed by atoms with Crippen molar-refractivity contribution in [2.75, 3.05) is 0 Å². The Morgan fingerprint density at radius 2 is 2.05 bits per heavy atom. The third-order valence-electron chi connectivity index (χ3n) is 3.82. The minimum atomic E-state index is -0.159. The topological polar surface area (TPSA) is 80.0 Å². The molecule has 1 aromatic heterocycles. The van der Waals surface area contributed by atoms with Gasteiger partial charge in [-0.3, -0.25) is 0 Å². The molecule has 0 aliphatic heterocycles. The summed E-state index contributed by atoms with van der Waals surface area (Å²) >= 11 is 0. The summed E-state index contributed by atoms with van der Waals surface area (Å²) in [6.45, 7) is 6.41. The van der Waals surface area contributed by atoms with Crippen LogP contribution in [0, 0.1) is 18.8 Å². The number of aromatic nitrogens is 2. The second kappa shape index (κ2) is 6.04. The molecule has 1 fully saturated rings. The van der Waals surface area contributed by atoms with E-state index in [1.165, 1.54) is 19.3 Å². The molecule has 0 unspecified atom stereocenters. The van der Waals surface area contributed by atoms with Gasteiger partial charge in [-0.05, 0) is 24.7 Å². The summed E-state index contributed by atoms with van der Waals surface area (Å²) < 4.78 is 4.85. The lowest BCUT2D eigenvalue weighted by Crippen LogP contribution is -2.49. The van der Waals surface area contributed by atoms with Gasteiger partial charge in [0.1, 0.15) is 0 Å². The van der Waals surface area contributed by atoms with Gasteiger partial charge in [0, 0.05) is 13.0 Å². The monoisotopic (exact) mass is 266 g/mol. The molecule has 2 rings (SSSR count). The van der Waals surface area contributed by atoms with Gasteiger partial charge in [0.2, 0.25) is 5.89 Å². The molecule has 106 valence electrons. The zero-order chi connectivity index (χ0) is 13.8. The summed E-state index contributed by atoms with van der Waals surface area (Å²) in [6.07, 6.45) is 3.61. The van der Waals surface area contributed by atoms with Crippen LogP contribution in [-0.2, 0) is 6.54 Å². The van der Waals surface area contributed by atoms with Crippen LogP contribution in [0.5, 0.6) is 0 Å². The number of carbonyl (C=O) groups is 1. The molecule has 0 bridgehead atoms. The molecule has 1 heterocycles. The van der Waals surface area contributed by atoms with Crippen molar-refractivity contribution in [2.24, 2.45) is 11.8 Å². The second-order valence-electron chi connectivity index (χ2n) is 5.47. The minimum absolute atomic E-state index is 0.159. The van der Waals surface area contributed by atoms with Crippen LogP contribution in [0.3, 0.4) is 0 Å². The second-order valence-corrected chi connectivity index (χ2v) is 5.47. The van der Waals surface area contributed by atoms with E-state index < -0.39 is 0 Å². The number of rotatable bonds is 3. The normalized spacial score (nSPS) is 24.2. The van der Waals surface area contributed by atoms with Crippen molar-refractivity contribution < 1.29 is 9.32 Å². The van der Waals surface area contributed by atoms with Gasteiger partial charge >= 0.3 is 6.03 Å². The van der Waals surface area contributed by atoms with Crippen LogP contribution in [0.15, 0.2) is 4.52 Å². The Bertz CT molecular complexity index is 422. The van der Waals surface area contributed by atoms with Gasteiger partial charge in [-0.25, -0.2) is 4.79 Å². The number of aryl methyl sites for hydroxylation is 1. The third-order valence-corrected chi connectivity index (χ3v) is 3.82. The zero-order valence-electron chi connectivity index (χ0n) is 11.8. The number of nitrogens with zero attached hydrogens (tertiary/aromatic N) is 2.